The van der Waals surface area contributed by atoms with Crippen LogP contribution in [0.25, 0.3) is 0 Å². The Morgan fingerprint density at radius 2 is 1.88 bits per heavy atom. The molecule has 1 heterocycles. The molecule has 0 fully saturated rings. The molecule has 0 aliphatic heterocycles. The number of aromatic nitrogens is 1. The molecule has 0 atom stereocenters. The minimum Gasteiger partial charge on any atom is -0.326 e. The molecule has 0 aliphatic rings. The number of alkyl halides is 5. The van der Waals surface area contributed by atoms with Crippen molar-refractivity contribution in [3.8, 4) is 0 Å². The molecule has 2 N–H and O–H groups in total. The molecule has 0 bridgehead atoms. The number of hydrogen-bond donors (Lipinski definition) is 1. The fraction of sp³-hybridized carbons (Fsp3) is 0.375. The fourth-order valence-electron chi connectivity index (χ4n) is 1.12. The van der Waals surface area contributed by atoms with Crippen LogP contribution in [-0.2, 0) is 12.7 Å². The van der Waals surface area contributed by atoms with Crippen molar-refractivity contribution in [1.82, 2.24) is 4.98 Å². The molecule has 0 spiro atoms. The van der Waals surface area contributed by atoms with Gasteiger partial charge in [0.25, 0.3) is 6.43 Å². The first-order valence-electron chi connectivity index (χ1n) is 4.02. The van der Waals surface area contributed by atoms with E-state index < -0.39 is 41.9 Å². The van der Waals surface area contributed by atoms with Crippen molar-refractivity contribution in [2.24, 2.45) is 5.73 Å². The lowest BCUT2D eigenvalue weighted by atomic mass is 10.1. The lowest BCUT2D eigenvalue weighted by molar-refractivity contribution is -0.138. The summed E-state index contributed by atoms with van der Waals surface area (Å²) in [6.45, 7) is -0.767. The highest BCUT2D eigenvalue weighted by Crippen LogP contribution is 2.34. The standard InChI is InChI=1S/C8H6F6N2/c9-6(10)5-1-4(8(12,13)14)3(2-15)7(11)16-5/h1,6H,2,15H2. The van der Waals surface area contributed by atoms with Crippen LogP contribution in [0.5, 0.6) is 0 Å². The second kappa shape index (κ2) is 4.28. The Bertz CT molecular complexity index is 387. The molecular weight excluding hydrogens is 238 g/mol. The number of nitrogens with zero attached hydrogens (tertiary/aromatic N) is 1. The molecule has 2 nitrogen and oxygen atoms in total. The minimum atomic E-state index is -4.94. The molecule has 0 unspecified atom stereocenters. The van der Waals surface area contributed by atoms with Crippen molar-refractivity contribution < 1.29 is 26.3 Å². The van der Waals surface area contributed by atoms with Crippen LogP contribution in [0.2, 0.25) is 0 Å². The molecule has 1 aromatic heterocycles. The van der Waals surface area contributed by atoms with Gasteiger partial charge in [-0.05, 0) is 6.07 Å². The smallest absolute Gasteiger partial charge is 0.326 e. The van der Waals surface area contributed by atoms with Crippen molar-refractivity contribution in [1.29, 1.82) is 0 Å². The normalized spacial score (nSPS) is 12.2. The lowest BCUT2D eigenvalue weighted by Crippen LogP contribution is -2.16. The Balaban J connectivity index is 3.43. The highest BCUT2D eigenvalue weighted by molar-refractivity contribution is 5.30. The summed E-state index contributed by atoms with van der Waals surface area (Å²) in [5, 5.41) is 0. The third-order valence-electron chi connectivity index (χ3n) is 1.83. The quantitative estimate of drug-likeness (QED) is 0.641. The zero-order valence-electron chi connectivity index (χ0n) is 7.65. The van der Waals surface area contributed by atoms with Crippen molar-refractivity contribution in [3.63, 3.8) is 0 Å². The molecule has 0 aliphatic carbocycles. The lowest BCUT2D eigenvalue weighted by Gasteiger charge is -2.13. The topological polar surface area (TPSA) is 38.9 Å². The van der Waals surface area contributed by atoms with Crippen LogP contribution in [0, 0.1) is 5.95 Å². The van der Waals surface area contributed by atoms with Gasteiger partial charge in [0.1, 0.15) is 5.69 Å². The van der Waals surface area contributed by atoms with Crippen LogP contribution in [0.1, 0.15) is 23.2 Å². The Labute approximate surface area is 86.1 Å². The van der Waals surface area contributed by atoms with Gasteiger partial charge in [-0.2, -0.15) is 17.6 Å². The average Bonchev–Trinajstić information content (AvgIpc) is 2.14. The maximum absolute atomic E-state index is 13.0. The molecule has 0 saturated heterocycles. The zero-order chi connectivity index (χ0) is 12.5. The molecule has 90 valence electrons. The third-order valence-corrected chi connectivity index (χ3v) is 1.83. The number of halogens is 6. The van der Waals surface area contributed by atoms with Gasteiger partial charge in [-0.3, -0.25) is 0 Å². The zero-order valence-corrected chi connectivity index (χ0v) is 7.65. The summed E-state index contributed by atoms with van der Waals surface area (Å²) in [6.07, 6.45) is -8.22. The summed E-state index contributed by atoms with van der Waals surface area (Å²) in [5.41, 5.74) is 1.21. The number of nitrogens with two attached hydrogens (primary N) is 1. The average molecular weight is 244 g/mol. The molecule has 8 heteroatoms. The third kappa shape index (κ3) is 2.43. The van der Waals surface area contributed by atoms with Gasteiger partial charge < -0.3 is 5.73 Å². The first kappa shape index (κ1) is 12.8. The van der Waals surface area contributed by atoms with Crippen molar-refractivity contribution in [3.05, 3.63) is 28.8 Å². The van der Waals surface area contributed by atoms with Crippen LogP contribution in [0.15, 0.2) is 6.07 Å². The monoisotopic (exact) mass is 244 g/mol. The molecular formula is C8H6F6N2. The number of hydrogen-bond acceptors (Lipinski definition) is 2. The minimum absolute atomic E-state index is 0.107. The maximum Gasteiger partial charge on any atom is 0.416 e. The van der Waals surface area contributed by atoms with Crippen molar-refractivity contribution in [2.75, 3.05) is 0 Å². The first-order chi connectivity index (χ1) is 7.27. The second-order valence-corrected chi connectivity index (χ2v) is 2.87. The molecule has 0 saturated carbocycles. The van der Waals surface area contributed by atoms with E-state index in [-0.39, 0.29) is 6.07 Å². The van der Waals surface area contributed by atoms with E-state index in [9.17, 15) is 26.3 Å². The van der Waals surface area contributed by atoms with E-state index >= 15 is 0 Å². The van der Waals surface area contributed by atoms with Gasteiger partial charge in [0.2, 0.25) is 5.95 Å². The Morgan fingerprint density at radius 1 is 1.31 bits per heavy atom. The van der Waals surface area contributed by atoms with E-state index in [0.29, 0.717) is 0 Å². The SMILES string of the molecule is NCc1c(C(F)(F)F)cc(C(F)F)nc1F. The largest absolute Gasteiger partial charge is 0.416 e. The van der Waals surface area contributed by atoms with Gasteiger partial charge in [0.05, 0.1) is 5.56 Å². The van der Waals surface area contributed by atoms with Gasteiger partial charge in [-0.25, -0.2) is 13.8 Å². The predicted molar refractivity (Wildman–Crippen MR) is 42.0 cm³/mol. The van der Waals surface area contributed by atoms with E-state index in [1.165, 1.54) is 0 Å². The van der Waals surface area contributed by atoms with E-state index in [0.717, 1.165) is 0 Å². The summed E-state index contributed by atoms with van der Waals surface area (Å²) in [4.78, 5) is 2.72. The van der Waals surface area contributed by atoms with Crippen LogP contribution >= 0.6 is 0 Å². The van der Waals surface area contributed by atoms with Crippen LogP contribution in [-0.4, -0.2) is 4.98 Å². The van der Waals surface area contributed by atoms with E-state index in [2.05, 4.69) is 4.98 Å². The highest BCUT2D eigenvalue weighted by Gasteiger charge is 2.36. The van der Waals surface area contributed by atoms with Crippen LogP contribution in [0.4, 0.5) is 26.3 Å². The molecule has 0 amide bonds. The molecule has 0 radical (unpaired) electrons. The van der Waals surface area contributed by atoms with Crippen molar-refractivity contribution >= 4 is 0 Å². The maximum atomic E-state index is 13.0. The highest BCUT2D eigenvalue weighted by atomic mass is 19.4. The fourth-order valence-corrected chi connectivity index (χ4v) is 1.12. The summed E-state index contributed by atoms with van der Waals surface area (Å²) < 4.78 is 74.3. The molecule has 1 rings (SSSR count). The summed E-state index contributed by atoms with van der Waals surface area (Å²) in [6, 6.07) is 0.107. The summed E-state index contributed by atoms with van der Waals surface area (Å²) in [5.74, 6) is -1.62. The van der Waals surface area contributed by atoms with Gasteiger partial charge >= 0.3 is 6.18 Å². The van der Waals surface area contributed by atoms with E-state index in [4.69, 9.17) is 5.73 Å². The Morgan fingerprint density at radius 3 is 2.25 bits per heavy atom. The first-order valence-corrected chi connectivity index (χ1v) is 4.02. The van der Waals surface area contributed by atoms with E-state index in [1.54, 1.807) is 0 Å². The molecule has 16 heavy (non-hydrogen) atoms. The van der Waals surface area contributed by atoms with Crippen LogP contribution in [0.3, 0.4) is 0 Å². The Hall–Kier alpha value is -1.31. The van der Waals surface area contributed by atoms with Crippen LogP contribution < -0.4 is 5.73 Å². The van der Waals surface area contributed by atoms with Crippen molar-refractivity contribution in [2.45, 2.75) is 19.1 Å². The summed E-state index contributed by atoms with van der Waals surface area (Å²) >= 11 is 0. The number of rotatable bonds is 2. The number of pyridine rings is 1. The molecule has 0 aromatic carbocycles. The van der Waals surface area contributed by atoms with Gasteiger partial charge in [0.15, 0.2) is 0 Å². The Kier molecular flexibility index (Phi) is 3.41. The van der Waals surface area contributed by atoms with Gasteiger partial charge in [-0.1, -0.05) is 0 Å². The summed E-state index contributed by atoms with van der Waals surface area (Å²) in [7, 11) is 0. The predicted octanol–water partition coefficient (Wildman–Crippen LogP) is 2.64. The second-order valence-electron chi connectivity index (χ2n) is 2.87. The van der Waals surface area contributed by atoms with Gasteiger partial charge in [0, 0.05) is 12.1 Å². The van der Waals surface area contributed by atoms with E-state index in [1.807, 2.05) is 0 Å². The van der Waals surface area contributed by atoms with Gasteiger partial charge in [-0.15, -0.1) is 0 Å². The molecule has 1 aromatic rings.